The molecule has 0 radical (unpaired) electrons. The summed E-state index contributed by atoms with van der Waals surface area (Å²) in [5, 5.41) is 22.3. The van der Waals surface area contributed by atoms with Crippen molar-refractivity contribution in [2.24, 2.45) is 0 Å². The van der Waals surface area contributed by atoms with Gasteiger partial charge in [0.25, 0.3) is 0 Å². The van der Waals surface area contributed by atoms with Crippen molar-refractivity contribution in [2.45, 2.75) is 71.7 Å². The maximum Gasteiger partial charge on any atom is 0.165 e. The molecule has 0 heterocycles. The Morgan fingerprint density at radius 2 is 0.897 bits per heavy atom. The van der Waals surface area contributed by atoms with Crippen LogP contribution in [0.25, 0.3) is 0 Å². The average molecular weight is 784 g/mol. The quantitative estimate of drug-likeness (QED) is 0.0586. The summed E-state index contributed by atoms with van der Waals surface area (Å²) in [5.74, 6) is 3.39. The van der Waals surface area contributed by atoms with Gasteiger partial charge in [0.05, 0.1) is 0 Å². The minimum atomic E-state index is -0.593. The Bertz CT molecular complexity index is 1990. The summed E-state index contributed by atoms with van der Waals surface area (Å²) in [5.41, 5.74) is 5.59. The molecule has 0 spiro atoms. The molecular weight excluding hydrogens is 727 g/mol. The third kappa shape index (κ3) is 16.0. The lowest BCUT2D eigenvalue weighted by molar-refractivity contribution is 0.104. The lowest BCUT2D eigenvalue weighted by Crippen LogP contribution is -2.35. The number of unbranched alkanes of at least 4 members (excludes halogenated alkanes) is 1. The van der Waals surface area contributed by atoms with Crippen LogP contribution in [0.2, 0.25) is 0 Å². The molecule has 0 bridgehead atoms. The van der Waals surface area contributed by atoms with Crippen LogP contribution < -0.4 is 29.0 Å². The van der Waals surface area contributed by atoms with E-state index in [-0.39, 0.29) is 13.2 Å². The van der Waals surface area contributed by atoms with Gasteiger partial charge in [-0.05, 0) is 71.3 Å². The molecule has 0 amide bonds. The number of hydrogen-bond donors (Lipinski definition) is 3. The summed E-state index contributed by atoms with van der Waals surface area (Å²) in [4.78, 5) is 0. The van der Waals surface area contributed by atoms with Crippen LogP contribution in [0.15, 0.2) is 158 Å². The topological polar surface area (TPSA) is 98.6 Å². The second kappa shape index (κ2) is 24.8. The molecule has 6 rings (SSSR count). The molecule has 8 nitrogen and oxygen atoms in total. The van der Waals surface area contributed by atoms with Gasteiger partial charge < -0.3 is 39.2 Å². The molecule has 0 saturated carbocycles. The van der Waals surface area contributed by atoms with E-state index >= 15 is 0 Å². The van der Waals surface area contributed by atoms with Gasteiger partial charge in [-0.1, -0.05) is 141 Å². The highest BCUT2D eigenvalue weighted by molar-refractivity contribution is 5.46. The number of aliphatic hydroxyl groups excluding tert-OH is 2. The molecule has 304 valence electrons. The molecule has 0 saturated heterocycles. The number of ether oxygens (including phenoxy) is 5. The zero-order valence-corrected chi connectivity index (χ0v) is 33.7. The van der Waals surface area contributed by atoms with Gasteiger partial charge in [-0.2, -0.15) is 0 Å². The van der Waals surface area contributed by atoms with Crippen molar-refractivity contribution < 1.29 is 33.9 Å². The minimum absolute atomic E-state index is 0.196. The minimum Gasteiger partial charge on any atom is -0.491 e. The maximum absolute atomic E-state index is 10.1. The molecule has 6 aromatic rings. The Kier molecular flexibility index (Phi) is 18.5. The normalized spacial score (nSPS) is 11.3. The first-order chi connectivity index (χ1) is 28.4. The molecular formula is C50H57NO7. The smallest absolute Gasteiger partial charge is 0.165 e. The van der Waals surface area contributed by atoms with Gasteiger partial charge in [-0.3, -0.25) is 0 Å². The van der Waals surface area contributed by atoms with Crippen LogP contribution in [-0.4, -0.2) is 42.1 Å². The van der Waals surface area contributed by atoms with Gasteiger partial charge in [0.1, 0.15) is 44.9 Å². The van der Waals surface area contributed by atoms with Gasteiger partial charge in [0.2, 0.25) is 0 Å². The van der Waals surface area contributed by atoms with Crippen molar-refractivity contribution in [1.82, 2.24) is 5.32 Å². The SMILES string of the molecule is CC(C)NCC(O)COc1ccc(OCc2ccccc2)c(OCc2ccccc2)c1.OCCCCc1ccc(OCc2ccccc2)c(OCc2ccccc2)c1. The van der Waals surface area contributed by atoms with Crippen molar-refractivity contribution >= 4 is 0 Å². The van der Waals surface area contributed by atoms with Crippen LogP contribution >= 0.6 is 0 Å². The van der Waals surface area contributed by atoms with E-state index in [4.69, 9.17) is 28.8 Å². The number of hydrogen-bond acceptors (Lipinski definition) is 8. The van der Waals surface area contributed by atoms with Gasteiger partial charge >= 0.3 is 0 Å². The number of nitrogens with one attached hydrogen (secondary N) is 1. The van der Waals surface area contributed by atoms with Crippen molar-refractivity contribution in [3.05, 3.63) is 186 Å². The molecule has 58 heavy (non-hydrogen) atoms. The molecule has 3 N–H and O–H groups in total. The predicted molar refractivity (Wildman–Crippen MR) is 231 cm³/mol. The molecule has 8 heteroatoms. The highest BCUT2D eigenvalue weighted by atomic mass is 16.5. The van der Waals surface area contributed by atoms with E-state index in [2.05, 4.69) is 29.6 Å². The lowest BCUT2D eigenvalue weighted by Gasteiger charge is -2.17. The zero-order chi connectivity index (χ0) is 40.6. The van der Waals surface area contributed by atoms with Gasteiger partial charge in [0, 0.05) is 25.3 Å². The fraction of sp³-hybridized carbons (Fsp3) is 0.280. The average Bonchev–Trinajstić information content (AvgIpc) is 3.27. The van der Waals surface area contributed by atoms with E-state index in [0.717, 1.165) is 53.0 Å². The molecule has 0 aliphatic heterocycles. The van der Waals surface area contributed by atoms with Crippen LogP contribution in [-0.2, 0) is 32.8 Å². The summed E-state index contributed by atoms with van der Waals surface area (Å²) in [6, 6.07) is 52.1. The van der Waals surface area contributed by atoms with Gasteiger partial charge in [-0.25, -0.2) is 0 Å². The molecule has 0 aromatic heterocycles. The number of benzene rings is 6. The lowest BCUT2D eigenvalue weighted by atomic mass is 10.1. The zero-order valence-electron chi connectivity index (χ0n) is 33.7. The summed E-state index contributed by atoms with van der Waals surface area (Å²) >= 11 is 0. The second-order valence-electron chi connectivity index (χ2n) is 14.2. The summed E-state index contributed by atoms with van der Waals surface area (Å²) in [6.07, 6.45) is 2.09. The predicted octanol–water partition coefficient (Wildman–Crippen LogP) is 9.74. The third-order valence-corrected chi connectivity index (χ3v) is 8.95. The summed E-state index contributed by atoms with van der Waals surface area (Å²) < 4.78 is 30.0. The Hall–Kier alpha value is -5.80. The number of aliphatic hydroxyl groups is 2. The van der Waals surface area contributed by atoms with Crippen molar-refractivity contribution in [3.8, 4) is 28.7 Å². The Morgan fingerprint density at radius 3 is 1.34 bits per heavy atom. The van der Waals surface area contributed by atoms with Crippen LogP contribution in [0.1, 0.15) is 54.5 Å². The first-order valence-corrected chi connectivity index (χ1v) is 20.0. The number of rotatable bonds is 22. The second-order valence-corrected chi connectivity index (χ2v) is 14.2. The monoisotopic (exact) mass is 783 g/mol. The van der Waals surface area contributed by atoms with Crippen LogP contribution in [0.4, 0.5) is 0 Å². The fourth-order valence-corrected chi connectivity index (χ4v) is 5.76. The molecule has 1 unspecified atom stereocenters. The summed E-state index contributed by atoms with van der Waals surface area (Å²) in [7, 11) is 0. The third-order valence-electron chi connectivity index (χ3n) is 8.95. The van der Waals surface area contributed by atoms with E-state index in [1.54, 1.807) is 0 Å². The van der Waals surface area contributed by atoms with Gasteiger partial charge in [-0.15, -0.1) is 0 Å². The number of aryl methyl sites for hydroxylation is 1. The Balaban J connectivity index is 0.000000223. The summed E-state index contributed by atoms with van der Waals surface area (Å²) in [6.45, 7) is 6.87. The van der Waals surface area contributed by atoms with E-state index < -0.39 is 6.10 Å². The largest absolute Gasteiger partial charge is 0.491 e. The van der Waals surface area contributed by atoms with E-state index in [0.29, 0.717) is 56.3 Å². The van der Waals surface area contributed by atoms with Crippen molar-refractivity contribution in [3.63, 3.8) is 0 Å². The van der Waals surface area contributed by atoms with Crippen LogP contribution in [0.5, 0.6) is 28.7 Å². The molecule has 0 fully saturated rings. The standard InChI is InChI=1S/C26H31NO4.C24H26O3/c1-20(2)27-16-23(28)19-29-24-13-14-25(30-17-21-9-5-3-6-10-21)26(15-24)31-18-22-11-7-4-8-12-22;25-16-8-7-9-20-14-15-23(26-18-21-10-3-1-4-11-21)24(17-20)27-19-22-12-5-2-6-13-22/h3-15,20,23,27-28H,16-19H2,1-2H3;1-6,10-15,17,25H,7-9,16,18-19H2. The van der Waals surface area contributed by atoms with E-state index in [1.807, 2.05) is 147 Å². The van der Waals surface area contributed by atoms with E-state index in [9.17, 15) is 5.11 Å². The Morgan fingerprint density at radius 1 is 0.466 bits per heavy atom. The van der Waals surface area contributed by atoms with Crippen LogP contribution in [0.3, 0.4) is 0 Å². The van der Waals surface area contributed by atoms with Gasteiger partial charge in [0.15, 0.2) is 23.0 Å². The first kappa shape index (κ1) is 43.3. The van der Waals surface area contributed by atoms with E-state index in [1.165, 1.54) is 5.56 Å². The first-order valence-electron chi connectivity index (χ1n) is 20.0. The molecule has 6 aromatic carbocycles. The Labute approximate surface area is 344 Å². The highest BCUT2D eigenvalue weighted by Gasteiger charge is 2.12. The molecule has 0 aliphatic rings. The van der Waals surface area contributed by atoms with Crippen molar-refractivity contribution in [2.75, 3.05) is 19.8 Å². The maximum atomic E-state index is 10.1. The molecule has 1 atom stereocenters. The van der Waals surface area contributed by atoms with Crippen molar-refractivity contribution in [1.29, 1.82) is 0 Å². The molecule has 0 aliphatic carbocycles. The fourth-order valence-electron chi connectivity index (χ4n) is 5.76. The highest BCUT2D eigenvalue weighted by Crippen LogP contribution is 2.33. The van der Waals surface area contributed by atoms with Crippen LogP contribution in [0, 0.1) is 0 Å².